The number of ether oxygens (including phenoxy) is 2. The van der Waals surface area contributed by atoms with Crippen LogP contribution in [0.1, 0.15) is 29.0 Å². The summed E-state index contributed by atoms with van der Waals surface area (Å²) in [6.45, 7) is 0.862. The Morgan fingerprint density at radius 3 is 2.07 bits per heavy atom. The van der Waals surface area contributed by atoms with Gasteiger partial charge in [-0.05, 0) is 35.2 Å². The topological polar surface area (TPSA) is 35.5 Å². The lowest BCUT2D eigenvalue weighted by Crippen LogP contribution is -2.16. The zero-order valence-corrected chi connectivity index (χ0v) is 15.1. The molecule has 1 heterocycles. The number of cyclic esters (lactones) is 1. The van der Waals surface area contributed by atoms with Crippen molar-refractivity contribution in [3.63, 3.8) is 0 Å². The van der Waals surface area contributed by atoms with Crippen LogP contribution < -0.4 is 4.74 Å². The van der Waals surface area contributed by atoms with Gasteiger partial charge in [0.1, 0.15) is 12.4 Å². The van der Waals surface area contributed by atoms with E-state index in [0.29, 0.717) is 13.2 Å². The Hall–Kier alpha value is -3.07. The molecule has 0 bridgehead atoms. The van der Waals surface area contributed by atoms with E-state index in [-0.39, 0.29) is 17.8 Å². The van der Waals surface area contributed by atoms with Crippen molar-refractivity contribution in [2.24, 2.45) is 5.92 Å². The van der Waals surface area contributed by atoms with Crippen LogP contribution in [0.3, 0.4) is 0 Å². The molecule has 0 amide bonds. The Balaban J connectivity index is 1.61. The van der Waals surface area contributed by atoms with E-state index in [1.54, 1.807) is 0 Å². The molecule has 136 valence electrons. The zero-order valence-electron chi connectivity index (χ0n) is 15.1. The first kappa shape index (κ1) is 17.3. The Kier molecular flexibility index (Phi) is 5.20. The van der Waals surface area contributed by atoms with Crippen molar-refractivity contribution < 1.29 is 14.3 Å². The summed E-state index contributed by atoms with van der Waals surface area (Å²) in [6, 6.07) is 29.1. The van der Waals surface area contributed by atoms with Gasteiger partial charge in [-0.15, -0.1) is 0 Å². The lowest BCUT2D eigenvalue weighted by atomic mass is 9.85. The van der Waals surface area contributed by atoms with E-state index < -0.39 is 0 Å². The number of rotatable bonds is 6. The molecule has 0 saturated carbocycles. The third kappa shape index (κ3) is 4.03. The SMILES string of the molecule is O=C1OCC[C@H]1COc1cccc(C(c2ccccc2)c2ccccc2)c1. The second-order valence-corrected chi connectivity index (χ2v) is 6.79. The van der Waals surface area contributed by atoms with Crippen molar-refractivity contribution in [1.29, 1.82) is 0 Å². The maximum Gasteiger partial charge on any atom is 0.312 e. The molecular formula is C24H22O3. The number of esters is 1. The van der Waals surface area contributed by atoms with Gasteiger partial charge in [-0.25, -0.2) is 0 Å². The maximum atomic E-state index is 11.6. The molecule has 1 aliphatic rings. The van der Waals surface area contributed by atoms with Crippen molar-refractivity contribution in [2.75, 3.05) is 13.2 Å². The monoisotopic (exact) mass is 358 g/mol. The minimum Gasteiger partial charge on any atom is -0.493 e. The molecule has 0 unspecified atom stereocenters. The molecular weight excluding hydrogens is 336 g/mol. The van der Waals surface area contributed by atoms with Gasteiger partial charge in [0.25, 0.3) is 0 Å². The van der Waals surface area contributed by atoms with Crippen molar-refractivity contribution >= 4 is 5.97 Å². The minimum atomic E-state index is -0.160. The molecule has 3 aromatic rings. The van der Waals surface area contributed by atoms with Crippen molar-refractivity contribution in [3.8, 4) is 5.75 Å². The van der Waals surface area contributed by atoms with Gasteiger partial charge in [-0.1, -0.05) is 72.8 Å². The van der Waals surface area contributed by atoms with Crippen LogP contribution in [0.15, 0.2) is 84.9 Å². The van der Waals surface area contributed by atoms with E-state index >= 15 is 0 Å². The summed E-state index contributed by atoms with van der Waals surface area (Å²) in [5.74, 6) is 0.599. The fourth-order valence-corrected chi connectivity index (χ4v) is 3.54. The third-order valence-corrected chi connectivity index (χ3v) is 4.95. The van der Waals surface area contributed by atoms with E-state index in [2.05, 4.69) is 60.7 Å². The van der Waals surface area contributed by atoms with Gasteiger partial charge >= 0.3 is 5.97 Å². The van der Waals surface area contributed by atoms with Gasteiger partial charge in [-0.2, -0.15) is 0 Å². The van der Waals surface area contributed by atoms with Crippen molar-refractivity contribution in [3.05, 3.63) is 102 Å². The minimum absolute atomic E-state index is 0.132. The van der Waals surface area contributed by atoms with Crippen LogP contribution in [0, 0.1) is 5.92 Å². The zero-order chi connectivity index (χ0) is 18.5. The highest BCUT2D eigenvalue weighted by Gasteiger charge is 2.27. The standard InChI is InChI=1S/C24H22O3/c25-24-21(14-15-26-24)17-27-22-13-7-12-20(16-22)23(18-8-3-1-4-9-18)19-10-5-2-6-11-19/h1-13,16,21,23H,14-15,17H2/t21-/m0/s1. The second-order valence-electron chi connectivity index (χ2n) is 6.79. The third-order valence-electron chi connectivity index (χ3n) is 4.95. The van der Waals surface area contributed by atoms with Crippen LogP contribution in [-0.2, 0) is 9.53 Å². The number of hydrogen-bond donors (Lipinski definition) is 0. The quantitative estimate of drug-likeness (QED) is 0.469. The largest absolute Gasteiger partial charge is 0.493 e. The van der Waals surface area contributed by atoms with Gasteiger partial charge in [0.05, 0.1) is 12.5 Å². The number of hydrogen-bond acceptors (Lipinski definition) is 3. The van der Waals surface area contributed by atoms with E-state index in [1.807, 2.05) is 24.3 Å². The van der Waals surface area contributed by atoms with Crippen LogP contribution >= 0.6 is 0 Å². The fraction of sp³-hybridized carbons (Fsp3) is 0.208. The molecule has 27 heavy (non-hydrogen) atoms. The molecule has 1 fully saturated rings. The molecule has 0 aromatic heterocycles. The number of carbonyl (C=O) groups is 1. The number of carbonyl (C=O) groups excluding carboxylic acids is 1. The molecule has 1 aliphatic heterocycles. The second kappa shape index (κ2) is 8.09. The molecule has 0 radical (unpaired) electrons. The van der Waals surface area contributed by atoms with Gasteiger partial charge in [0.2, 0.25) is 0 Å². The lowest BCUT2D eigenvalue weighted by molar-refractivity contribution is -0.141. The fourth-order valence-electron chi connectivity index (χ4n) is 3.54. The van der Waals surface area contributed by atoms with E-state index in [0.717, 1.165) is 12.2 Å². The average molecular weight is 358 g/mol. The maximum absolute atomic E-state index is 11.6. The summed E-state index contributed by atoms with van der Waals surface area (Å²) >= 11 is 0. The highest BCUT2D eigenvalue weighted by Crippen LogP contribution is 2.33. The Morgan fingerprint density at radius 2 is 1.48 bits per heavy atom. The smallest absolute Gasteiger partial charge is 0.312 e. The number of benzene rings is 3. The molecule has 1 atom stereocenters. The first-order chi connectivity index (χ1) is 13.3. The highest BCUT2D eigenvalue weighted by atomic mass is 16.5. The lowest BCUT2D eigenvalue weighted by Gasteiger charge is -2.20. The van der Waals surface area contributed by atoms with Gasteiger partial charge < -0.3 is 9.47 Å². The highest BCUT2D eigenvalue weighted by molar-refractivity contribution is 5.74. The molecule has 1 saturated heterocycles. The Labute approximate surface area is 159 Å². The summed E-state index contributed by atoms with van der Waals surface area (Å²) in [6.07, 6.45) is 0.731. The predicted octanol–water partition coefficient (Wildman–Crippen LogP) is 4.81. The van der Waals surface area contributed by atoms with E-state index in [9.17, 15) is 4.79 Å². The van der Waals surface area contributed by atoms with Gasteiger partial charge in [-0.3, -0.25) is 4.79 Å². The molecule has 3 nitrogen and oxygen atoms in total. The van der Waals surface area contributed by atoms with E-state index in [1.165, 1.54) is 16.7 Å². The Morgan fingerprint density at radius 1 is 0.852 bits per heavy atom. The molecule has 0 N–H and O–H groups in total. The predicted molar refractivity (Wildman–Crippen MR) is 105 cm³/mol. The molecule has 3 aromatic carbocycles. The normalized spacial score (nSPS) is 16.3. The molecule has 4 rings (SSSR count). The van der Waals surface area contributed by atoms with Crippen molar-refractivity contribution in [2.45, 2.75) is 12.3 Å². The first-order valence-electron chi connectivity index (χ1n) is 9.30. The van der Waals surface area contributed by atoms with Crippen LogP contribution in [-0.4, -0.2) is 19.2 Å². The van der Waals surface area contributed by atoms with Gasteiger partial charge in [0.15, 0.2) is 0 Å². The van der Waals surface area contributed by atoms with Crippen LogP contribution in [0.4, 0.5) is 0 Å². The summed E-state index contributed by atoms with van der Waals surface area (Å²) < 4.78 is 10.9. The van der Waals surface area contributed by atoms with Crippen molar-refractivity contribution in [1.82, 2.24) is 0 Å². The summed E-state index contributed by atoms with van der Waals surface area (Å²) in [5.41, 5.74) is 3.64. The molecule has 0 spiro atoms. The first-order valence-corrected chi connectivity index (χ1v) is 9.30. The average Bonchev–Trinajstić information content (AvgIpc) is 3.13. The summed E-state index contributed by atoms with van der Waals surface area (Å²) in [4.78, 5) is 11.6. The summed E-state index contributed by atoms with van der Waals surface area (Å²) in [7, 11) is 0. The molecule has 3 heteroatoms. The molecule has 0 aliphatic carbocycles. The summed E-state index contributed by atoms with van der Waals surface area (Å²) in [5, 5.41) is 0. The van der Waals surface area contributed by atoms with Crippen LogP contribution in [0.2, 0.25) is 0 Å². The van der Waals surface area contributed by atoms with E-state index in [4.69, 9.17) is 9.47 Å². The van der Waals surface area contributed by atoms with Crippen LogP contribution in [0.5, 0.6) is 5.75 Å². The van der Waals surface area contributed by atoms with Gasteiger partial charge in [0, 0.05) is 5.92 Å². The Bertz CT molecular complexity index is 850. The van der Waals surface area contributed by atoms with Crippen LogP contribution in [0.25, 0.3) is 0 Å².